The number of hydrogen-bond donors (Lipinski definition) is 0. The maximum absolute atomic E-state index is 12.3. The van der Waals surface area contributed by atoms with Gasteiger partial charge in [-0.2, -0.15) is 0 Å². The number of alkyl halides is 1. The van der Waals surface area contributed by atoms with E-state index in [0.29, 0.717) is 11.4 Å². The van der Waals surface area contributed by atoms with Gasteiger partial charge in [0.05, 0.1) is 16.8 Å². The Hall–Kier alpha value is -1.09. The number of amides is 1. The van der Waals surface area contributed by atoms with Crippen LogP contribution in [0.15, 0.2) is 12.1 Å². The van der Waals surface area contributed by atoms with E-state index in [0.717, 1.165) is 11.4 Å². The molecule has 94 valence electrons. The highest BCUT2D eigenvalue weighted by atomic mass is 35.5. The molecule has 0 fully saturated rings. The molecule has 1 heterocycles. The standard InChI is InChI=1S/C13H19ClN2O/c1-9-6-7-11(10(2)15-9)12(17)16(5)13(3,4)8-14/h6-7H,8H2,1-5H3. The molecular weight excluding hydrogens is 236 g/mol. The molecule has 0 spiro atoms. The third kappa shape index (κ3) is 2.97. The molecule has 0 saturated heterocycles. The molecule has 0 N–H and O–H groups in total. The molecule has 0 aromatic carbocycles. The second-order valence-electron chi connectivity index (χ2n) is 4.90. The Labute approximate surface area is 108 Å². The highest BCUT2D eigenvalue weighted by Crippen LogP contribution is 2.18. The zero-order valence-electron chi connectivity index (χ0n) is 11.0. The molecule has 0 aliphatic rings. The van der Waals surface area contributed by atoms with Gasteiger partial charge >= 0.3 is 0 Å². The van der Waals surface area contributed by atoms with Gasteiger partial charge in [0.15, 0.2) is 0 Å². The van der Waals surface area contributed by atoms with Crippen LogP contribution in [0.3, 0.4) is 0 Å². The summed E-state index contributed by atoms with van der Waals surface area (Å²) in [5, 5.41) is 0. The van der Waals surface area contributed by atoms with Crippen LogP contribution in [-0.2, 0) is 0 Å². The first-order valence-corrected chi connectivity index (χ1v) is 6.11. The molecule has 0 saturated carbocycles. The van der Waals surface area contributed by atoms with Crippen molar-refractivity contribution in [1.29, 1.82) is 0 Å². The van der Waals surface area contributed by atoms with E-state index in [4.69, 9.17) is 11.6 Å². The maximum Gasteiger partial charge on any atom is 0.255 e. The molecule has 1 aromatic heterocycles. The van der Waals surface area contributed by atoms with Gasteiger partial charge in [-0.1, -0.05) is 0 Å². The van der Waals surface area contributed by atoms with E-state index in [1.807, 2.05) is 39.8 Å². The van der Waals surface area contributed by atoms with Crippen LogP contribution >= 0.6 is 11.6 Å². The normalized spacial score (nSPS) is 11.4. The van der Waals surface area contributed by atoms with Gasteiger partial charge in [-0.25, -0.2) is 0 Å². The van der Waals surface area contributed by atoms with Crippen LogP contribution in [0, 0.1) is 13.8 Å². The van der Waals surface area contributed by atoms with E-state index in [1.54, 1.807) is 11.9 Å². The summed E-state index contributed by atoms with van der Waals surface area (Å²) in [6, 6.07) is 3.67. The number of aryl methyl sites for hydroxylation is 2. The fraction of sp³-hybridized carbons (Fsp3) is 0.538. The van der Waals surface area contributed by atoms with Crippen molar-refractivity contribution >= 4 is 17.5 Å². The van der Waals surface area contributed by atoms with Crippen LogP contribution in [0.4, 0.5) is 0 Å². The minimum Gasteiger partial charge on any atom is -0.335 e. The lowest BCUT2D eigenvalue weighted by atomic mass is 10.0. The fourth-order valence-corrected chi connectivity index (χ4v) is 1.64. The topological polar surface area (TPSA) is 33.2 Å². The summed E-state index contributed by atoms with van der Waals surface area (Å²) in [5.74, 6) is 0.355. The van der Waals surface area contributed by atoms with Gasteiger partial charge in [0.25, 0.3) is 5.91 Å². The van der Waals surface area contributed by atoms with Crippen LogP contribution in [0.2, 0.25) is 0 Å². The van der Waals surface area contributed by atoms with E-state index >= 15 is 0 Å². The van der Waals surface area contributed by atoms with Crippen molar-refractivity contribution in [3.8, 4) is 0 Å². The van der Waals surface area contributed by atoms with Crippen molar-refractivity contribution in [3.63, 3.8) is 0 Å². The van der Waals surface area contributed by atoms with Gasteiger partial charge in [-0.3, -0.25) is 9.78 Å². The third-order valence-corrected chi connectivity index (χ3v) is 3.65. The summed E-state index contributed by atoms with van der Waals surface area (Å²) in [6.45, 7) is 7.64. The highest BCUT2D eigenvalue weighted by molar-refractivity contribution is 6.18. The smallest absolute Gasteiger partial charge is 0.255 e. The third-order valence-electron chi connectivity index (χ3n) is 3.00. The van der Waals surface area contributed by atoms with Gasteiger partial charge in [-0.05, 0) is 39.8 Å². The first-order valence-electron chi connectivity index (χ1n) is 5.58. The average Bonchev–Trinajstić information content (AvgIpc) is 2.27. The number of rotatable bonds is 3. The Kier molecular flexibility index (Phi) is 4.15. The number of pyridine rings is 1. The number of hydrogen-bond acceptors (Lipinski definition) is 2. The zero-order valence-corrected chi connectivity index (χ0v) is 11.8. The summed E-state index contributed by atoms with van der Waals surface area (Å²) in [5.41, 5.74) is 1.94. The predicted octanol–water partition coefficient (Wildman–Crippen LogP) is 2.79. The van der Waals surface area contributed by atoms with Gasteiger partial charge in [0, 0.05) is 18.6 Å². The molecule has 0 bridgehead atoms. The quantitative estimate of drug-likeness (QED) is 0.777. The van der Waals surface area contributed by atoms with Crippen molar-refractivity contribution in [2.75, 3.05) is 12.9 Å². The van der Waals surface area contributed by atoms with Gasteiger partial charge in [0.1, 0.15) is 0 Å². The second-order valence-corrected chi connectivity index (χ2v) is 5.16. The Bertz CT molecular complexity index is 429. The maximum atomic E-state index is 12.3. The highest BCUT2D eigenvalue weighted by Gasteiger charge is 2.28. The average molecular weight is 255 g/mol. The summed E-state index contributed by atoms with van der Waals surface area (Å²) in [6.07, 6.45) is 0. The zero-order chi connectivity index (χ0) is 13.2. The van der Waals surface area contributed by atoms with E-state index < -0.39 is 0 Å². The molecule has 3 nitrogen and oxygen atoms in total. The van der Waals surface area contributed by atoms with Gasteiger partial charge in [-0.15, -0.1) is 11.6 Å². The predicted molar refractivity (Wildman–Crippen MR) is 70.6 cm³/mol. The Morgan fingerprint density at radius 2 is 2.00 bits per heavy atom. The Morgan fingerprint density at radius 3 is 2.47 bits per heavy atom. The van der Waals surface area contributed by atoms with E-state index in [9.17, 15) is 4.79 Å². The molecule has 0 unspecified atom stereocenters. The number of aromatic nitrogens is 1. The fourth-order valence-electron chi connectivity index (χ4n) is 1.46. The number of carbonyl (C=O) groups is 1. The second kappa shape index (κ2) is 5.05. The van der Waals surface area contributed by atoms with Crippen LogP contribution in [-0.4, -0.2) is 34.3 Å². The molecule has 4 heteroatoms. The van der Waals surface area contributed by atoms with Crippen molar-refractivity contribution in [2.45, 2.75) is 33.2 Å². The van der Waals surface area contributed by atoms with Crippen LogP contribution in [0.1, 0.15) is 35.6 Å². The molecule has 0 aliphatic carbocycles. The van der Waals surface area contributed by atoms with Gasteiger partial charge < -0.3 is 4.90 Å². The molecular formula is C13H19ClN2O. The lowest BCUT2D eigenvalue weighted by Gasteiger charge is -2.34. The first kappa shape index (κ1) is 14.0. The Morgan fingerprint density at radius 1 is 1.41 bits per heavy atom. The molecule has 0 atom stereocenters. The van der Waals surface area contributed by atoms with Crippen molar-refractivity contribution < 1.29 is 4.79 Å². The lowest BCUT2D eigenvalue weighted by molar-refractivity contribution is 0.0659. The summed E-state index contributed by atoms with van der Waals surface area (Å²) < 4.78 is 0. The van der Waals surface area contributed by atoms with Crippen LogP contribution < -0.4 is 0 Å². The molecule has 0 radical (unpaired) electrons. The molecule has 1 amide bonds. The molecule has 1 rings (SSSR count). The number of carbonyl (C=O) groups excluding carboxylic acids is 1. The Balaban J connectivity index is 3.05. The van der Waals surface area contributed by atoms with Crippen molar-refractivity contribution in [2.24, 2.45) is 0 Å². The van der Waals surface area contributed by atoms with E-state index in [1.165, 1.54) is 0 Å². The van der Waals surface area contributed by atoms with Gasteiger partial charge in [0.2, 0.25) is 0 Å². The molecule has 17 heavy (non-hydrogen) atoms. The molecule has 0 aliphatic heterocycles. The van der Waals surface area contributed by atoms with Crippen LogP contribution in [0.5, 0.6) is 0 Å². The monoisotopic (exact) mass is 254 g/mol. The van der Waals surface area contributed by atoms with Crippen LogP contribution in [0.25, 0.3) is 0 Å². The minimum absolute atomic E-state index is 0.0411. The lowest BCUT2D eigenvalue weighted by Crippen LogP contribution is -2.46. The van der Waals surface area contributed by atoms with Crippen molar-refractivity contribution in [1.82, 2.24) is 9.88 Å². The summed E-state index contributed by atoms with van der Waals surface area (Å²) in [7, 11) is 1.77. The minimum atomic E-state index is -0.365. The number of halogens is 1. The summed E-state index contributed by atoms with van der Waals surface area (Å²) >= 11 is 5.88. The van der Waals surface area contributed by atoms with E-state index in [2.05, 4.69) is 4.98 Å². The van der Waals surface area contributed by atoms with E-state index in [-0.39, 0.29) is 11.4 Å². The SMILES string of the molecule is Cc1ccc(C(=O)N(C)C(C)(C)CCl)c(C)n1. The largest absolute Gasteiger partial charge is 0.335 e. The summed E-state index contributed by atoms with van der Waals surface area (Å²) in [4.78, 5) is 18.3. The molecule has 1 aromatic rings. The van der Waals surface area contributed by atoms with Crippen molar-refractivity contribution in [3.05, 3.63) is 29.1 Å². The number of nitrogens with zero attached hydrogens (tertiary/aromatic N) is 2. The first-order chi connectivity index (χ1) is 7.79.